The molecule has 0 saturated carbocycles. The van der Waals surface area contributed by atoms with Crippen LogP contribution in [0.4, 0.5) is 0 Å². The van der Waals surface area contributed by atoms with Crippen LogP contribution in [0.1, 0.15) is 30.0 Å². The fourth-order valence-electron chi connectivity index (χ4n) is 2.52. The minimum atomic E-state index is 0.342. The summed E-state index contributed by atoms with van der Waals surface area (Å²) in [6, 6.07) is 7.05. The molecule has 1 saturated heterocycles. The molecule has 0 aromatic heterocycles. The molecule has 2 heteroatoms. The number of rotatable bonds is 2. The van der Waals surface area contributed by atoms with Crippen molar-refractivity contribution in [3.05, 3.63) is 34.9 Å². The Morgan fingerprint density at radius 3 is 2.82 bits per heavy atom. The highest BCUT2D eigenvalue weighted by Crippen LogP contribution is 2.19. The van der Waals surface area contributed by atoms with Gasteiger partial charge in [-0.05, 0) is 43.9 Å². The molecule has 1 fully saturated rings. The van der Waals surface area contributed by atoms with Gasteiger partial charge in [-0.1, -0.05) is 30.7 Å². The van der Waals surface area contributed by atoms with Gasteiger partial charge in [0.25, 0.3) is 0 Å². The first-order valence-electron chi connectivity index (χ1n) is 6.60. The first-order chi connectivity index (χ1) is 8.06. The van der Waals surface area contributed by atoms with E-state index in [4.69, 9.17) is 5.73 Å². The number of nitrogens with two attached hydrogens (primary N) is 1. The van der Waals surface area contributed by atoms with E-state index in [9.17, 15) is 0 Å². The zero-order valence-electron chi connectivity index (χ0n) is 11.2. The molecule has 0 spiro atoms. The van der Waals surface area contributed by atoms with E-state index in [1.54, 1.807) is 0 Å². The molecule has 0 amide bonds. The quantitative estimate of drug-likeness (QED) is 0.849. The summed E-state index contributed by atoms with van der Waals surface area (Å²) < 4.78 is 0. The first-order valence-corrected chi connectivity index (χ1v) is 6.60. The highest BCUT2D eigenvalue weighted by Gasteiger charge is 2.23. The molecule has 2 nitrogen and oxygen atoms in total. The maximum Gasteiger partial charge on any atom is 0.0237 e. The van der Waals surface area contributed by atoms with Crippen LogP contribution in [0.15, 0.2) is 18.2 Å². The average Bonchev–Trinajstić information content (AvgIpc) is 2.29. The van der Waals surface area contributed by atoms with Gasteiger partial charge in [-0.3, -0.25) is 4.90 Å². The Balaban J connectivity index is 2.03. The van der Waals surface area contributed by atoms with Crippen molar-refractivity contribution in [3.63, 3.8) is 0 Å². The van der Waals surface area contributed by atoms with Gasteiger partial charge in [0.05, 0.1) is 0 Å². The highest BCUT2D eigenvalue weighted by molar-refractivity contribution is 5.30. The Morgan fingerprint density at radius 1 is 1.35 bits per heavy atom. The van der Waals surface area contributed by atoms with Gasteiger partial charge in [0.2, 0.25) is 0 Å². The summed E-state index contributed by atoms with van der Waals surface area (Å²) >= 11 is 0. The third-order valence-corrected chi connectivity index (χ3v) is 4.00. The SMILES string of the molecule is Cc1ccc(C)c(CN2CCC(C)C(N)C2)c1. The molecule has 94 valence electrons. The van der Waals surface area contributed by atoms with E-state index >= 15 is 0 Å². The van der Waals surface area contributed by atoms with Crippen LogP contribution in [0, 0.1) is 19.8 Å². The van der Waals surface area contributed by atoms with Gasteiger partial charge in [0, 0.05) is 19.1 Å². The van der Waals surface area contributed by atoms with Crippen molar-refractivity contribution in [1.82, 2.24) is 4.90 Å². The Bertz CT molecular complexity index is 387. The number of likely N-dealkylation sites (tertiary alicyclic amines) is 1. The summed E-state index contributed by atoms with van der Waals surface area (Å²) in [5.74, 6) is 0.671. The number of piperidine rings is 1. The minimum absolute atomic E-state index is 0.342. The molecule has 0 radical (unpaired) electrons. The van der Waals surface area contributed by atoms with Crippen LogP contribution < -0.4 is 5.73 Å². The normalized spacial score (nSPS) is 26.1. The van der Waals surface area contributed by atoms with E-state index < -0.39 is 0 Å². The average molecular weight is 232 g/mol. The van der Waals surface area contributed by atoms with Crippen LogP contribution >= 0.6 is 0 Å². The van der Waals surface area contributed by atoms with Crippen LogP contribution in [0.25, 0.3) is 0 Å². The molecule has 1 heterocycles. The second-order valence-electron chi connectivity index (χ2n) is 5.59. The van der Waals surface area contributed by atoms with Gasteiger partial charge in [-0.2, -0.15) is 0 Å². The van der Waals surface area contributed by atoms with Gasteiger partial charge < -0.3 is 5.73 Å². The Hall–Kier alpha value is -0.860. The third kappa shape index (κ3) is 3.08. The molecule has 0 aliphatic carbocycles. The molecular weight excluding hydrogens is 208 g/mol. The highest BCUT2D eigenvalue weighted by atomic mass is 15.1. The van der Waals surface area contributed by atoms with Gasteiger partial charge in [0.15, 0.2) is 0 Å². The van der Waals surface area contributed by atoms with Crippen molar-refractivity contribution in [2.75, 3.05) is 13.1 Å². The number of nitrogens with zero attached hydrogens (tertiary/aromatic N) is 1. The predicted molar refractivity (Wildman–Crippen MR) is 72.9 cm³/mol. The minimum Gasteiger partial charge on any atom is -0.326 e. The van der Waals surface area contributed by atoms with Crippen LogP contribution in [0.3, 0.4) is 0 Å². The second-order valence-corrected chi connectivity index (χ2v) is 5.59. The molecule has 2 atom stereocenters. The summed E-state index contributed by atoms with van der Waals surface area (Å²) in [6.45, 7) is 9.89. The largest absolute Gasteiger partial charge is 0.326 e. The van der Waals surface area contributed by atoms with Gasteiger partial charge in [-0.15, -0.1) is 0 Å². The lowest BCUT2D eigenvalue weighted by molar-refractivity contribution is 0.162. The molecule has 2 N–H and O–H groups in total. The molecule has 1 aromatic rings. The molecule has 2 unspecified atom stereocenters. The molecule has 0 bridgehead atoms. The van der Waals surface area contributed by atoms with Crippen molar-refractivity contribution >= 4 is 0 Å². The Labute approximate surface area is 105 Å². The molecule has 2 rings (SSSR count). The maximum atomic E-state index is 6.15. The van der Waals surface area contributed by atoms with Crippen LogP contribution in [-0.4, -0.2) is 24.0 Å². The lowest BCUT2D eigenvalue weighted by Crippen LogP contribution is -2.47. The fourth-order valence-corrected chi connectivity index (χ4v) is 2.52. The fraction of sp³-hybridized carbons (Fsp3) is 0.600. The topological polar surface area (TPSA) is 29.3 Å². The van der Waals surface area contributed by atoms with E-state index in [0.717, 1.165) is 13.1 Å². The summed E-state index contributed by atoms with van der Waals surface area (Å²) in [4.78, 5) is 2.49. The van der Waals surface area contributed by atoms with Gasteiger partial charge in [0.1, 0.15) is 0 Å². The zero-order chi connectivity index (χ0) is 12.4. The molecule has 1 aliphatic rings. The Kier molecular flexibility index (Phi) is 3.85. The molecule has 1 aromatic carbocycles. The van der Waals surface area contributed by atoms with Crippen molar-refractivity contribution in [2.24, 2.45) is 11.7 Å². The molecule has 1 aliphatic heterocycles. The summed E-state index contributed by atoms with van der Waals surface area (Å²) in [7, 11) is 0. The lowest BCUT2D eigenvalue weighted by Gasteiger charge is -2.35. The van der Waals surface area contributed by atoms with Crippen LogP contribution in [0.5, 0.6) is 0 Å². The van der Waals surface area contributed by atoms with Crippen LogP contribution in [0.2, 0.25) is 0 Å². The van der Waals surface area contributed by atoms with Crippen molar-refractivity contribution in [3.8, 4) is 0 Å². The van der Waals surface area contributed by atoms with E-state index in [1.165, 1.54) is 29.7 Å². The van der Waals surface area contributed by atoms with E-state index in [2.05, 4.69) is 43.9 Å². The first kappa shape index (κ1) is 12.6. The van der Waals surface area contributed by atoms with E-state index in [0.29, 0.717) is 12.0 Å². The van der Waals surface area contributed by atoms with Crippen LogP contribution in [-0.2, 0) is 6.54 Å². The van der Waals surface area contributed by atoms with Crippen molar-refractivity contribution in [2.45, 2.75) is 39.8 Å². The lowest BCUT2D eigenvalue weighted by atomic mass is 9.93. The number of hydrogen-bond donors (Lipinski definition) is 1. The van der Waals surface area contributed by atoms with Crippen molar-refractivity contribution < 1.29 is 0 Å². The number of benzene rings is 1. The van der Waals surface area contributed by atoms with E-state index in [1.807, 2.05) is 0 Å². The smallest absolute Gasteiger partial charge is 0.0237 e. The Morgan fingerprint density at radius 2 is 2.12 bits per heavy atom. The predicted octanol–water partition coefficient (Wildman–Crippen LogP) is 2.47. The molecule has 17 heavy (non-hydrogen) atoms. The van der Waals surface area contributed by atoms with Gasteiger partial charge >= 0.3 is 0 Å². The number of hydrogen-bond acceptors (Lipinski definition) is 2. The van der Waals surface area contributed by atoms with Crippen molar-refractivity contribution in [1.29, 1.82) is 0 Å². The standard InChI is InChI=1S/C15H24N2/c1-11-4-5-12(2)14(8-11)9-17-7-6-13(3)15(16)10-17/h4-5,8,13,15H,6-7,9-10,16H2,1-3H3. The monoisotopic (exact) mass is 232 g/mol. The summed E-state index contributed by atoms with van der Waals surface area (Å²) in [5.41, 5.74) is 10.3. The maximum absolute atomic E-state index is 6.15. The third-order valence-electron chi connectivity index (χ3n) is 4.00. The summed E-state index contributed by atoms with van der Waals surface area (Å²) in [6.07, 6.45) is 1.23. The summed E-state index contributed by atoms with van der Waals surface area (Å²) in [5, 5.41) is 0. The van der Waals surface area contributed by atoms with E-state index in [-0.39, 0.29) is 0 Å². The zero-order valence-corrected chi connectivity index (χ0v) is 11.2. The molecular formula is C15H24N2. The second kappa shape index (κ2) is 5.19. The van der Waals surface area contributed by atoms with Gasteiger partial charge in [-0.25, -0.2) is 0 Å². The number of aryl methyl sites for hydroxylation is 2.